The second-order valence-electron chi connectivity index (χ2n) is 8.43. The van der Waals surface area contributed by atoms with Crippen molar-refractivity contribution in [3.63, 3.8) is 0 Å². The van der Waals surface area contributed by atoms with Crippen LogP contribution >= 0.6 is 11.6 Å². The first-order chi connectivity index (χ1) is 13.8. The Bertz CT molecular complexity index is 957. The van der Waals surface area contributed by atoms with Crippen molar-refractivity contribution in [1.82, 2.24) is 0 Å². The number of fused-ring (bicyclic) bond motifs is 1. The molecule has 2 aromatic carbocycles. The summed E-state index contributed by atoms with van der Waals surface area (Å²) in [6, 6.07) is 9.72. The molecule has 0 spiro atoms. The highest BCUT2D eigenvalue weighted by Gasteiger charge is 2.57. The lowest BCUT2D eigenvalue weighted by Gasteiger charge is -2.38. The van der Waals surface area contributed by atoms with Crippen LogP contribution in [0.25, 0.3) is 0 Å². The summed E-state index contributed by atoms with van der Waals surface area (Å²) in [5.74, 6) is -0.430. The molecule has 0 saturated carbocycles. The summed E-state index contributed by atoms with van der Waals surface area (Å²) in [6.07, 6.45) is -5.02. The van der Waals surface area contributed by atoms with Crippen LogP contribution in [0.3, 0.4) is 0 Å². The molecule has 1 aliphatic heterocycles. The fourth-order valence-corrected chi connectivity index (χ4v) is 5.37. The van der Waals surface area contributed by atoms with Gasteiger partial charge in [0.2, 0.25) is 0 Å². The molecule has 1 aliphatic rings. The van der Waals surface area contributed by atoms with Crippen LogP contribution in [0.15, 0.2) is 41.3 Å². The Balaban J connectivity index is 1.94. The molecule has 0 amide bonds. The maximum Gasteiger partial charge on any atom is 0.418 e. The quantitative estimate of drug-likeness (QED) is 0.632. The van der Waals surface area contributed by atoms with Crippen molar-refractivity contribution in [2.75, 3.05) is 12.4 Å². The molecule has 1 N–H and O–H groups in total. The third kappa shape index (κ3) is 4.68. The molecular formula is C22H24ClF3O3S. The van der Waals surface area contributed by atoms with Gasteiger partial charge >= 0.3 is 6.18 Å². The lowest BCUT2D eigenvalue weighted by Crippen LogP contribution is -2.53. The minimum Gasteiger partial charge on any atom is -0.493 e. The minimum absolute atomic E-state index is 0.244. The fourth-order valence-electron chi connectivity index (χ4n) is 3.82. The van der Waals surface area contributed by atoms with E-state index in [-0.39, 0.29) is 4.90 Å². The molecule has 0 aliphatic carbocycles. The molecule has 0 bridgehead atoms. The molecule has 3 rings (SSSR count). The smallest absolute Gasteiger partial charge is 0.418 e. The van der Waals surface area contributed by atoms with Gasteiger partial charge in [0.25, 0.3) is 0 Å². The van der Waals surface area contributed by atoms with E-state index in [1.165, 1.54) is 12.1 Å². The van der Waals surface area contributed by atoms with E-state index >= 15 is 0 Å². The number of ether oxygens (including phenoxy) is 1. The molecule has 0 fully saturated rings. The molecule has 164 valence electrons. The first-order valence-electron chi connectivity index (χ1n) is 9.52. The van der Waals surface area contributed by atoms with Crippen molar-refractivity contribution in [2.24, 2.45) is 0 Å². The van der Waals surface area contributed by atoms with Gasteiger partial charge in [0.15, 0.2) is 5.60 Å². The standard InChI is InChI=1S/C22H24ClF3O3S/c1-14-4-6-17(7-5-14)30(28)13-21(27,22(24,25)26)12-20(2,3)18-11-16(23)10-15-8-9-29-19(15)18/h4-7,10-11,27H,8-9,12-13H2,1-3H3/t21-,30?/m1/s1. The monoisotopic (exact) mass is 460 g/mol. The predicted octanol–water partition coefficient (Wildman–Crippen LogP) is 5.35. The minimum atomic E-state index is -4.97. The molecule has 1 heterocycles. The van der Waals surface area contributed by atoms with Gasteiger partial charge in [-0.25, -0.2) is 0 Å². The Kier molecular flexibility index (Phi) is 6.29. The topological polar surface area (TPSA) is 46.5 Å². The average molecular weight is 461 g/mol. The van der Waals surface area contributed by atoms with Gasteiger partial charge in [-0.2, -0.15) is 13.2 Å². The van der Waals surface area contributed by atoms with E-state index in [4.69, 9.17) is 16.3 Å². The zero-order chi connectivity index (χ0) is 22.3. The number of hydrogen-bond acceptors (Lipinski definition) is 3. The zero-order valence-corrected chi connectivity index (χ0v) is 18.5. The Hall–Kier alpha value is -1.57. The van der Waals surface area contributed by atoms with Gasteiger partial charge in [-0.1, -0.05) is 43.1 Å². The van der Waals surface area contributed by atoms with Crippen LogP contribution < -0.4 is 4.74 Å². The van der Waals surface area contributed by atoms with Gasteiger partial charge in [0.05, 0.1) is 23.2 Å². The Morgan fingerprint density at radius 3 is 2.40 bits per heavy atom. The van der Waals surface area contributed by atoms with E-state index in [1.807, 2.05) is 6.92 Å². The maximum absolute atomic E-state index is 14.0. The van der Waals surface area contributed by atoms with E-state index in [9.17, 15) is 22.5 Å². The predicted molar refractivity (Wildman–Crippen MR) is 112 cm³/mol. The van der Waals surface area contributed by atoms with Gasteiger partial charge < -0.3 is 9.84 Å². The average Bonchev–Trinajstić information content (AvgIpc) is 3.08. The number of aryl methyl sites for hydroxylation is 1. The van der Waals surface area contributed by atoms with Crippen molar-refractivity contribution in [2.45, 2.75) is 55.7 Å². The number of aliphatic hydroxyl groups is 1. The van der Waals surface area contributed by atoms with E-state index in [0.29, 0.717) is 29.4 Å². The van der Waals surface area contributed by atoms with Crippen molar-refractivity contribution < 1.29 is 27.2 Å². The molecule has 30 heavy (non-hydrogen) atoms. The lowest BCUT2D eigenvalue weighted by molar-refractivity contribution is -0.257. The molecule has 2 atom stereocenters. The second kappa shape index (κ2) is 8.17. The number of rotatable bonds is 6. The summed E-state index contributed by atoms with van der Waals surface area (Å²) in [5.41, 5.74) is -2.05. The van der Waals surface area contributed by atoms with E-state index in [2.05, 4.69) is 0 Å². The molecular weight excluding hydrogens is 437 g/mol. The number of benzene rings is 2. The van der Waals surface area contributed by atoms with Gasteiger partial charge in [-0.15, -0.1) is 0 Å². The van der Waals surface area contributed by atoms with E-state index in [1.54, 1.807) is 38.1 Å². The normalized spacial score (nSPS) is 17.2. The van der Waals surface area contributed by atoms with Gasteiger partial charge in [0.1, 0.15) is 5.75 Å². The first-order valence-corrected chi connectivity index (χ1v) is 11.2. The third-order valence-corrected chi connectivity index (χ3v) is 7.15. The molecule has 0 radical (unpaired) electrons. The lowest BCUT2D eigenvalue weighted by atomic mass is 9.74. The number of alkyl halides is 3. The van der Waals surface area contributed by atoms with Crippen molar-refractivity contribution in [3.05, 3.63) is 58.1 Å². The largest absolute Gasteiger partial charge is 0.493 e. The summed E-state index contributed by atoms with van der Waals surface area (Å²) >= 11 is 6.18. The van der Waals surface area contributed by atoms with Crippen LogP contribution in [0, 0.1) is 6.92 Å². The van der Waals surface area contributed by atoms with Crippen LogP contribution in [0.2, 0.25) is 5.02 Å². The molecule has 2 aromatic rings. The van der Waals surface area contributed by atoms with Crippen molar-refractivity contribution >= 4 is 22.4 Å². The van der Waals surface area contributed by atoms with Crippen LogP contribution in [0.5, 0.6) is 5.75 Å². The van der Waals surface area contributed by atoms with Gasteiger partial charge in [-0.05, 0) is 48.6 Å². The summed E-state index contributed by atoms with van der Waals surface area (Å²) < 4.78 is 60.3. The molecule has 0 saturated heterocycles. The molecule has 3 nitrogen and oxygen atoms in total. The van der Waals surface area contributed by atoms with Crippen molar-refractivity contribution in [3.8, 4) is 5.75 Å². The first kappa shape index (κ1) is 23.1. The maximum atomic E-state index is 14.0. The SMILES string of the molecule is Cc1ccc(S(=O)C[C@](O)(CC(C)(C)c2cc(Cl)cc3c2OCC3)C(F)(F)F)cc1. The third-order valence-electron chi connectivity index (χ3n) is 5.39. The number of halogens is 4. The highest BCUT2D eigenvalue weighted by Crippen LogP contribution is 2.46. The highest BCUT2D eigenvalue weighted by molar-refractivity contribution is 7.85. The summed E-state index contributed by atoms with van der Waals surface area (Å²) in [6.45, 7) is 5.46. The highest BCUT2D eigenvalue weighted by atomic mass is 35.5. The molecule has 1 unspecified atom stereocenters. The summed E-state index contributed by atoms with van der Waals surface area (Å²) in [4.78, 5) is 0.244. The van der Waals surface area contributed by atoms with E-state index < -0.39 is 40.2 Å². The Morgan fingerprint density at radius 1 is 1.17 bits per heavy atom. The van der Waals surface area contributed by atoms with Crippen LogP contribution in [-0.4, -0.2) is 33.5 Å². The van der Waals surface area contributed by atoms with Gasteiger partial charge in [0, 0.05) is 21.9 Å². The zero-order valence-electron chi connectivity index (χ0n) is 17.0. The molecule has 0 aromatic heterocycles. The summed E-state index contributed by atoms with van der Waals surface area (Å²) in [7, 11) is -2.03. The van der Waals surface area contributed by atoms with Crippen LogP contribution in [0.1, 0.15) is 37.0 Å². The van der Waals surface area contributed by atoms with Crippen LogP contribution in [0.4, 0.5) is 13.2 Å². The van der Waals surface area contributed by atoms with E-state index in [0.717, 1.165) is 11.1 Å². The van der Waals surface area contributed by atoms with Crippen LogP contribution in [-0.2, 0) is 22.6 Å². The Labute approximate surface area is 181 Å². The second-order valence-corrected chi connectivity index (χ2v) is 10.3. The van der Waals surface area contributed by atoms with Crippen molar-refractivity contribution in [1.29, 1.82) is 0 Å². The Morgan fingerprint density at radius 2 is 1.80 bits per heavy atom. The molecule has 8 heteroatoms. The number of hydrogen-bond donors (Lipinski definition) is 1. The fraction of sp³-hybridized carbons (Fsp3) is 0.455. The van der Waals surface area contributed by atoms with Gasteiger partial charge in [-0.3, -0.25) is 4.21 Å². The summed E-state index contributed by atoms with van der Waals surface area (Å²) in [5, 5.41) is 11.2.